The van der Waals surface area contributed by atoms with Crippen LogP contribution in [0.2, 0.25) is 10.0 Å². The van der Waals surface area contributed by atoms with Gasteiger partial charge in [0, 0.05) is 47.1 Å². The number of nitrogens with zero attached hydrogens (tertiary/aromatic N) is 1. The van der Waals surface area contributed by atoms with Gasteiger partial charge in [-0.05, 0) is 77.8 Å². The summed E-state index contributed by atoms with van der Waals surface area (Å²) in [5, 5.41) is 24.4. The summed E-state index contributed by atoms with van der Waals surface area (Å²) in [5.74, 6) is -0.142. The maximum absolute atomic E-state index is 13.7. The van der Waals surface area contributed by atoms with Crippen LogP contribution in [0.1, 0.15) is 48.0 Å². The van der Waals surface area contributed by atoms with E-state index in [0.717, 1.165) is 12.8 Å². The summed E-state index contributed by atoms with van der Waals surface area (Å²) in [5.41, 5.74) is 1.28. The number of aldehydes is 1. The van der Waals surface area contributed by atoms with E-state index >= 15 is 0 Å². The molecule has 0 aromatic heterocycles. The van der Waals surface area contributed by atoms with E-state index in [1.807, 2.05) is 22.6 Å². The lowest BCUT2D eigenvalue weighted by molar-refractivity contribution is -0.139. The van der Waals surface area contributed by atoms with Crippen LogP contribution in [0.3, 0.4) is 0 Å². The summed E-state index contributed by atoms with van der Waals surface area (Å²) in [7, 11) is 1.43. The molecule has 0 saturated carbocycles. The third kappa shape index (κ3) is 9.42. The van der Waals surface area contributed by atoms with Crippen molar-refractivity contribution in [3.05, 3.63) is 79.4 Å². The topological polar surface area (TPSA) is 125 Å². The molecule has 0 radical (unpaired) electrons. The number of rotatable bonds is 15. The van der Waals surface area contributed by atoms with Crippen LogP contribution in [-0.2, 0) is 16.1 Å². The summed E-state index contributed by atoms with van der Waals surface area (Å²) in [4.78, 5) is 39.8. The molecule has 232 valence electrons. The lowest BCUT2D eigenvalue weighted by Gasteiger charge is -2.41. The average molecular weight is 745 g/mol. The second kappa shape index (κ2) is 17.0. The fraction of sp³-hybridized carbons (Fsp3) is 0.387. The van der Waals surface area contributed by atoms with Crippen molar-refractivity contribution < 1.29 is 34.1 Å². The molecule has 0 aliphatic heterocycles. The molecule has 1 aliphatic carbocycles. The molecule has 3 atom stereocenters. The van der Waals surface area contributed by atoms with Gasteiger partial charge in [-0.2, -0.15) is 0 Å². The zero-order valence-corrected chi connectivity index (χ0v) is 27.4. The third-order valence-corrected chi connectivity index (χ3v) is 8.37. The first kappa shape index (κ1) is 34.8. The van der Waals surface area contributed by atoms with Crippen LogP contribution in [0.5, 0.6) is 11.5 Å². The number of hydrogen-bond acceptors (Lipinski definition) is 7. The van der Waals surface area contributed by atoms with Crippen LogP contribution < -0.4 is 14.8 Å². The van der Waals surface area contributed by atoms with Crippen molar-refractivity contribution in [2.75, 3.05) is 20.3 Å². The van der Waals surface area contributed by atoms with Crippen molar-refractivity contribution in [3.63, 3.8) is 0 Å². The van der Waals surface area contributed by atoms with E-state index in [1.165, 1.54) is 24.2 Å². The maximum atomic E-state index is 13.7. The van der Waals surface area contributed by atoms with Gasteiger partial charge in [0.1, 0.15) is 18.5 Å². The number of allylic oxidation sites excluding steroid dienone is 1. The molecule has 43 heavy (non-hydrogen) atoms. The number of hydrogen-bond donors (Lipinski definition) is 3. The third-order valence-electron chi connectivity index (χ3n) is 6.98. The summed E-state index contributed by atoms with van der Waals surface area (Å²) >= 11 is 14.6. The van der Waals surface area contributed by atoms with E-state index < -0.39 is 24.2 Å². The van der Waals surface area contributed by atoms with Gasteiger partial charge < -0.3 is 29.9 Å². The molecule has 0 saturated heterocycles. The predicted molar refractivity (Wildman–Crippen MR) is 174 cm³/mol. The minimum atomic E-state index is -1.26. The second-order valence-corrected chi connectivity index (χ2v) is 12.0. The molecule has 0 unspecified atom stereocenters. The number of aliphatic hydroxyl groups excluding tert-OH is 2. The molecule has 2 amide bonds. The molecule has 0 spiro atoms. The van der Waals surface area contributed by atoms with Crippen molar-refractivity contribution in [1.29, 1.82) is 0 Å². The first-order valence-corrected chi connectivity index (χ1v) is 15.6. The number of amides is 2. The van der Waals surface area contributed by atoms with Crippen LogP contribution in [-0.4, -0.2) is 71.7 Å². The van der Waals surface area contributed by atoms with E-state index in [2.05, 4.69) is 11.9 Å². The van der Waals surface area contributed by atoms with Crippen LogP contribution in [0.15, 0.2) is 54.6 Å². The number of halogens is 3. The summed E-state index contributed by atoms with van der Waals surface area (Å²) < 4.78 is 12.3. The fourth-order valence-electron chi connectivity index (χ4n) is 4.77. The molecule has 0 bridgehead atoms. The van der Waals surface area contributed by atoms with Gasteiger partial charge in [-0.1, -0.05) is 35.3 Å². The summed E-state index contributed by atoms with van der Waals surface area (Å²) in [6.45, 7) is 3.56. The highest BCUT2D eigenvalue weighted by Gasteiger charge is 2.41. The van der Waals surface area contributed by atoms with E-state index in [9.17, 15) is 24.6 Å². The van der Waals surface area contributed by atoms with Gasteiger partial charge in [-0.15, -0.1) is 6.58 Å². The zero-order chi connectivity index (χ0) is 31.5. The maximum Gasteiger partial charge on any atom is 0.247 e. The lowest BCUT2D eigenvalue weighted by Crippen LogP contribution is -2.54. The highest BCUT2D eigenvalue weighted by Crippen LogP contribution is 2.37. The number of benzene rings is 2. The number of unbranched alkanes of at least 4 members (excludes halogenated alkanes) is 2. The molecule has 9 nitrogen and oxygen atoms in total. The van der Waals surface area contributed by atoms with E-state index in [4.69, 9.17) is 32.7 Å². The Balaban J connectivity index is 2.04. The molecule has 2 aromatic rings. The number of methoxy groups -OCH3 is 1. The molecule has 0 fully saturated rings. The Morgan fingerprint density at radius 2 is 2.00 bits per heavy atom. The van der Waals surface area contributed by atoms with Gasteiger partial charge in [-0.3, -0.25) is 14.4 Å². The second-order valence-electron chi connectivity index (χ2n) is 9.96. The first-order valence-electron chi connectivity index (χ1n) is 13.7. The standard InChI is InChI=1S/C31H35Cl2IN2O7/c1-3-4-5-6-7-28(39)36(17-20-8-9-22(32)16-23(20)33)25-14-21(31(41)35-10-11-37)15-26(29(25)40)43-30-24(34)12-19(18-38)13-27(30)42-2/h3,8-9,12-13,15-16,18,25-26,29,37,40H,1,4-7,10-11,14,17H2,2H3,(H,35,41)/t25-,26+,29+/m1/s1. The zero-order valence-electron chi connectivity index (χ0n) is 23.7. The Labute approximate surface area is 275 Å². The number of aliphatic hydroxyl groups is 2. The van der Waals surface area contributed by atoms with Crippen molar-refractivity contribution in [2.24, 2.45) is 0 Å². The Morgan fingerprint density at radius 3 is 2.65 bits per heavy atom. The van der Waals surface area contributed by atoms with Gasteiger partial charge in [0.15, 0.2) is 11.5 Å². The van der Waals surface area contributed by atoms with Crippen LogP contribution in [0, 0.1) is 3.57 Å². The number of ether oxygens (including phenoxy) is 2. The molecule has 2 aromatic carbocycles. The quantitative estimate of drug-likeness (QED) is 0.100. The van der Waals surface area contributed by atoms with Crippen LogP contribution in [0.25, 0.3) is 0 Å². The minimum Gasteiger partial charge on any atom is -0.493 e. The monoisotopic (exact) mass is 744 g/mol. The van der Waals surface area contributed by atoms with Gasteiger partial charge in [0.05, 0.1) is 23.3 Å². The number of carbonyl (C=O) groups excluding carboxylic acids is 3. The Morgan fingerprint density at radius 1 is 1.23 bits per heavy atom. The van der Waals surface area contributed by atoms with Crippen LogP contribution >= 0.6 is 45.8 Å². The smallest absolute Gasteiger partial charge is 0.247 e. The highest BCUT2D eigenvalue weighted by atomic mass is 127. The van der Waals surface area contributed by atoms with E-state index in [0.29, 0.717) is 37.4 Å². The molecular formula is C31H35Cl2IN2O7. The Bertz CT molecular complexity index is 1350. The van der Waals surface area contributed by atoms with E-state index in [-0.39, 0.29) is 55.5 Å². The highest BCUT2D eigenvalue weighted by molar-refractivity contribution is 14.1. The van der Waals surface area contributed by atoms with Gasteiger partial charge >= 0.3 is 0 Å². The largest absolute Gasteiger partial charge is 0.493 e. The summed E-state index contributed by atoms with van der Waals surface area (Å²) in [6.07, 6.45) is 4.04. The Hall–Kier alpha value is -2.64. The van der Waals surface area contributed by atoms with Crippen molar-refractivity contribution in [2.45, 2.75) is 56.9 Å². The van der Waals surface area contributed by atoms with Crippen molar-refractivity contribution in [1.82, 2.24) is 10.2 Å². The van der Waals surface area contributed by atoms with Gasteiger partial charge in [-0.25, -0.2) is 0 Å². The Kier molecular flexibility index (Phi) is 13.8. The molecular weight excluding hydrogens is 710 g/mol. The average Bonchev–Trinajstić information content (AvgIpc) is 2.99. The normalized spacial score (nSPS) is 17.9. The number of nitrogens with one attached hydrogen (secondary N) is 1. The molecule has 1 aliphatic rings. The lowest BCUT2D eigenvalue weighted by atomic mass is 9.87. The predicted octanol–water partition coefficient (Wildman–Crippen LogP) is 5.11. The minimum absolute atomic E-state index is 0.0279. The van der Waals surface area contributed by atoms with Crippen molar-refractivity contribution in [3.8, 4) is 11.5 Å². The van der Waals surface area contributed by atoms with Gasteiger partial charge in [0.25, 0.3) is 0 Å². The van der Waals surface area contributed by atoms with Crippen LogP contribution in [0.4, 0.5) is 0 Å². The fourth-order valence-corrected chi connectivity index (χ4v) is 5.99. The van der Waals surface area contributed by atoms with Crippen molar-refractivity contribution >= 4 is 63.9 Å². The van der Waals surface area contributed by atoms with Gasteiger partial charge in [0.2, 0.25) is 11.8 Å². The summed E-state index contributed by atoms with van der Waals surface area (Å²) in [6, 6.07) is 7.22. The number of carbonyl (C=O) groups is 3. The molecule has 3 rings (SSSR count). The SMILES string of the molecule is C=CCCCCC(=O)N(Cc1ccc(Cl)cc1Cl)[C@@H]1CC(C(=O)NCCO)=C[C@H](Oc2c(I)cc(C=O)cc2OC)[C@H]1O. The first-order chi connectivity index (χ1) is 20.6. The molecule has 3 N–H and O–H groups in total. The molecule has 0 heterocycles. The van der Waals surface area contributed by atoms with E-state index in [1.54, 1.807) is 30.3 Å². The molecule has 12 heteroatoms.